The first-order valence-corrected chi connectivity index (χ1v) is 29.5. The highest BCUT2D eigenvalue weighted by molar-refractivity contribution is 8.24. The Balaban J connectivity index is 0.886. The SMILES string of the molecule is C=CC(=O)OCCOC(=O)CCC(=O)OCCCc1ccc(OC(=O)[C@H]2CC[C@H](C(=O)Oc3ccc(OC(=O)[C@H]4CC[C@H](C(=O)Oc5ccc(CCCOC(=O)CCC(=O)OCCOC(=O)C=C)cc5)CC4)c4c3SC(=C(C#N)C#N)S4)CC2)cc1. The molecule has 1 heterocycles. The number of rotatable bonds is 30. The van der Waals surface area contributed by atoms with Crippen LogP contribution in [0, 0.1) is 46.3 Å². The predicted molar refractivity (Wildman–Crippen MR) is 304 cm³/mol. The third-order valence-electron chi connectivity index (χ3n) is 13.7. The minimum atomic E-state index is -0.637. The molecule has 2 saturated carbocycles. The van der Waals surface area contributed by atoms with Crippen LogP contribution in [0.5, 0.6) is 23.0 Å². The van der Waals surface area contributed by atoms with Crippen LogP contribution >= 0.6 is 23.5 Å². The van der Waals surface area contributed by atoms with E-state index in [1.807, 2.05) is 12.1 Å². The molecule has 0 saturated heterocycles. The van der Waals surface area contributed by atoms with Gasteiger partial charge in [0.15, 0.2) is 0 Å². The summed E-state index contributed by atoms with van der Waals surface area (Å²) in [5.74, 6) is -6.51. The first-order chi connectivity index (χ1) is 41.5. The fourth-order valence-corrected chi connectivity index (χ4v) is 11.5. The summed E-state index contributed by atoms with van der Waals surface area (Å²) in [5.41, 5.74) is 1.67. The molecule has 86 heavy (non-hydrogen) atoms. The summed E-state index contributed by atoms with van der Waals surface area (Å²) in [4.78, 5) is 124. The van der Waals surface area contributed by atoms with E-state index in [-0.39, 0.29) is 82.4 Å². The smallest absolute Gasteiger partial charge is 0.330 e. The summed E-state index contributed by atoms with van der Waals surface area (Å²) in [6.07, 6.45) is 6.36. The van der Waals surface area contributed by atoms with E-state index in [0.29, 0.717) is 103 Å². The number of hydrogen-bond donors (Lipinski definition) is 0. The molecule has 2 aliphatic carbocycles. The maximum absolute atomic E-state index is 13.7. The van der Waals surface area contributed by atoms with Crippen LogP contribution in [0.2, 0.25) is 0 Å². The molecular formula is C62H64N2O20S2. The second-order valence-electron chi connectivity index (χ2n) is 19.7. The van der Waals surface area contributed by atoms with Crippen molar-refractivity contribution in [2.24, 2.45) is 23.7 Å². The maximum Gasteiger partial charge on any atom is 0.330 e. The second-order valence-corrected chi connectivity index (χ2v) is 22.0. The number of nitrogens with zero attached hydrogens (tertiary/aromatic N) is 2. The van der Waals surface area contributed by atoms with E-state index in [1.165, 1.54) is 12.1 Å². The highest BCUT2D eigenvalue weighted by Crippen LogP contribution is 2.59. The van der Waals surface area contributed by atoms with Crippen molar-refractivity contribution in [1.82, 2.24) is 0 Å². The number of aryl methyl sites for hydroxylation is 2. The molecule has 0 atom stereocenters. The Labute approximate surface area is 504 Å². The Morgan fingerprint density at radius 3 is 1.05 bits per heavy atom. The van der Waals surface area contributed by atoms with Crippen LogP contribution in [0.1, 0.15) is 101 Å². The maximum atomic E-state index is 13.7. The highest BCUT2D eigenvalue weighted by Gasteiger charge is 2.37. The van der Waals surface area contributed by atoms with Gasteiger partial charge in [0.25, 0.3) is 0 Å². The van der Waals surface area contributed by atoms with E-state index in [9.17, 15) is 58.5 Å². The van der Waals surface area contributed by atoms with Crippen LogP contribution in [0.15, 0.2) is 106 Å². The molecule has 2 fully saturated rings. The van der Waals surface area contributed by atoms with Gasteiger partial charge in [0.05, 0.1) is 76.6 Å². The summed E-state index contributed by atoms with van der Waals surface area (Å²) >= 11 is 2.11. The van der Waals surface area contributed by atoms with E-state index in [0.717, 1.165) is 46.8 Å². The quantitative estimate of drug-likeness (QED) is 0.0150. The van der Waals surface area contributed by atoms with Crippen molar-refractivity contribution in [2.75, 3.05) is 39.6 Å². The Hall–Kier alpha value is -8.74. The molecule has 1 aliphatic heterocycles. The summed E-state index contributed by atoms with van der Waals surface area (Å²) in [7, 11) is 0. The van der Waals surface area contributed by atoms with Gasteiger partial charge in [-0.2, -0.15) is 10.5 Å². The molecule has 0 unspecified atom stereocenters. The summed E-state index contributed by atoms with van der Waals surface area (Å²) in [5, 5.41) is 19.4. The van der Waals surface area contributed by atoms with Crippen molar-refractivity contribution in [3.63, 3.8) is 0 Å². The number of thioether (sulfide) groups is 2. The lowest BCUT2D eigenvalue weighted by Gasteiger charge is -2.26. The van der Waals surface area contributed by atoms with E-state index in [1.54, 1.807) is 48.5 Å². The third kappa shape index (κ3) is 21.7. The van der Waals surface area contributed by atoms with Gasteiger partial charge in [-0.05, 0) is 125 Å². The van der Waals surface area contributed by atoms with Crippen LogP contribution in [-0.4, -0.2) is 99.3 Å². The molecule has 0 bridgehead atoms. The average molecular weight is 1220 g/mol. The molecule has 3 aromatic carbocycles. The van der Waals surface area contributed by atoms with E-state index < -0.39 is 83.4 Å². The molecule has 6 rings (SSSR count). The number of hydrogen-bond acceptors (Lipinski definition) is 24. The second kappa shape index (κ2) is 34.9. The largest absolute Gasteiger partial charge is 0.466 e. The Morgan fingerprint density at radius 1 is 0.430 bits per heavy atom. The lowest BCUT2D eigenvalue weighted by atomic mass is 9.82. The first kappa shape index (κ1) is 66.4. The summed E-state index contributed by atoms with van der Waals surface area (Å²) in [6, 6.07) is 20.6. The molecule has 3 aromatic rings. The summed E-state index contributed by atoms with van der Waals surface area (Å²) < 4.78 is 53.2. The number of carbonyl (C=O) groups excluding carboxylic acids is 10. The van der Waals surface area contributed by atoms with Gasteiger partial charge in [0.1, 0.15) is 67.1 Å². The summed E-state index contributed by atoms with van der Waals surface area (Å²) in [6.45, 7) is 6.26. The van der Waals surface area contributed by atoms with Gasteiger partial charge in [0.2, 0.25) is 0 Å². The normalized spacial score (nSPS) is 16.6. The topological polar surface area (TPSA) is 311 Å². The molecule has 22 nitrogen and oxygen atoms in total. The van der Waals surface area contributed by atoms with Crippen molar-refractivity contribution < 1.29 is 95.3 Å². The van der Waals surface area contributed by atoms with Crippen LogP contribution in [0.4, 0.5) is 0 Å². The van der Waals surface area contributed by atoms with Crippen LogP contribution in [0.25, 0.3) is 0 Å². The van der Waals surface area contributed by atoms with E-state index >= 15 is 0 Å². The molecule has 24 heteroatoms. The predicted octanol–water partition coefficient (Wildman–Crippen LogP) is 8.83. The fraction of sp³-hybridized carbons (Fsp3) is 0.419. The standard InChI is InChI=1S/C62H64N2O20S2/c1-3-50(65)77-33-35-79-54(69)29-27-52(67)75-31-5-7-39-9-21-46(22-10-39)81-58(71)41-13-17-43(18-14-41)60(73)83-48-25-26-49(57-56(48)85-62(86-57)45(37-63)38-64)84-61(74)44-19-15-42(16-20-44)59(72)82-47-23-11-40(12-24-47)8-6-32-76-53(68)28-30-55(70)80-36-34-78-51(66)4-2/h3-4,9-12,21-26,41-44H,1-2,5-8,13-20,27-36H2/t41-,42-,43-,44-. The van der Waals surface area contributed by atoms with Crippen LogP contribution in [0.3, 0.4) is 0 Å². The minimum Gasteiger partial charge on any atom is -0.466 e. The van der Waals surface area contributed by atoms with Gasteiger partial charge >= 0.3 is 59.7 Å². The van der Waals surface area contributed by atoms with Crippen molar-refractivity contribution >= 4 is 83.2 Å². The van der Waals surface area contributed by atoms with Gasteiger partial charge in [-0.3, -0.25) is 38.4 Å². The number of nitriles is 2. The van der Waals surface area contributed by atoms with E-state index in [2.05, 4.69) is 13.2 Å². The molecule has 454 valence electrons. The number of carbonyl (C=O) groups is 10. The molecule has 0 N–H and O–H groups in total. The monoisotopic (exact) mass is 1220 g/mol. The van der Waals surface area contributed by atoms with Gasteiger partial charge in [-0.25, -0.2) is 9.59 Å². The Bertz CT molecular complexity index is 2890. The van der Waals surface area contributed by atoms with Crippen molar-refractivity contribution in [1.29, 1.82) is 10.5 Å². The Morgan fingerprint density at radius 2 is 0.733 bits per heavy atom. The van der Waals surface area contributed by atoms with Crippen molar-refractivity contribution in [3.05, 3.63) is 107 Å². The number of ether oxygens (including phenoxy) is 10. The van der Waals surface area contributed by atoms with Crippen LogP contribution < -0.4 is 18.9 Å². The zero-order chi connectivity index (χ0) is 61.8. The number of esters is 10. The van der Waals surface area contributed by atoms with Gasteiger partial charge < -0.3 is 47.4 Å². The fourth-order valence-electron chi connectivity index (χ4n) is 9.00. The van der Waals surface area contributed by atoms with Gasteiger partial charge in [-0.1, -0.05) is 60.9 Å². The first-order valence-electron chi connectivity index (χ1n) is 27.9. The zero-order valence-corrected chi connectivity index (χ0v) is 48.7. The molecule has 0 spiro atoms. The zero-order valence-electron chi connectivity index (χ0n) is 47.1. The number of benzene rings is 3. The number of allylic oxidation sites excluding steroid dienone is 1. The molecule has 0 aromatic heterocycles. The molecule has 3 aliphatic rings. The average Bonchev–Trinajstić information content (AvgIpc) is 1.86. The molecular weight excluding hydrogens is 1160 g/mol. The Kier molecular flexibility index (Phi) is 26.9. The number of fused-ring (bicyclic) bond motifs is 1. The minimum absolute atomic E-state index is 0.122. The van der Waals surface area contributed by atoms with Crippen molar-refractivity contribution in [3.8, 4) is 35.1 Å². The van der Waals surface area contributed by atoms with Gasteiger partial charge in [0, 0.05) is 12.2 Å². The lowest BCUT2D eigenvalue weighted by molar-refractivity contribution is -0.152. The van der Waals surface area contributed by atoms with Crippen molar-refractivity contribution in [2.45, 2.75) is 113 Å². The lowest BCUT2D eigenvalue weighted by Crippen LogP contribution is -2.30. The van der Waals surface area contributed by atoms with Gasteiger partial charge in [-0.15, -0.1) is 0 Å². The van der Waals surface area contributed by atoms with E-state index in [4.69, 9.17) is 47.4 Å². The molecule has 0 amide bonds. The van der Waals surface area contributed by atoms with Crippen LogP contribution in [-0.2, 0) is 89.2 Å². The highest BCUT2D eigenvalue weighted by atomic mass is 32.2. The molecule has 0 radical (unpaired) electrons. The third-order valence-corrected chi connectivity index (χ3v) is 16.3.